The standard InChI is InChI=1S/C32H50O8/c1-27(2)11-13-32(18-40-26(37)38)14-12-30(5)19(20(32)15-27)7-8-23-28(3)16-21(33)24(34)29(4,17-39-25(35)36)22(28)9-10-31(23,30)6/h7,20-24,33-34H,8-18H2,1-6H3,(H,35,36)(H,37,38)/t20-,21-,22?,23-,24+,28+,29?,30-,31-,32-/m1/s1. The van der Waals surface area contributed by atoms with Gasteiger partial charge in [0.05, 0.1) is 12.2 Å². The minimum Gasteiger partial charge on any atom is -0.450 e. The van der Waals surface area contributed by atoms with E-state index in [2.05, 4.69) is 40.7 Å². The molecule has 5 aliphatic carbocycles. The molecule has 5 rings (SSSR count). The van der Waals surface area contributed by atoms with Crippen LogP contribution < -0.4 is 0 Å². The number of carboxylic acid groups (broad SMARTS) is 2. The van der Waals surface area contributed by atoms with E-state index in [9.17, 15) is 30.0 Å². The number of allylic oxidation sites excluding steroid dienone is 2. The molecule has 5 aliphatic rings. The number of hydrogen-bond acceptors (Lipinski definition) is 6. The zero-order chi connectivity index (χ0) is 29.5. The Morgan fingerprint density at radius 2 is 1.48 bits per heavy atom. The number of rotatable bonds is 4. The number of hydrogen-bond donors (Lipinski definition) is 4. The summed E-state index contributed by atoms with van der Waals surface area (Å²) in [5.41, 5.74) is 0.175. The molecule has 0 aliphatic heterocycles. The average Bonchev–Trinajstić information content (AvgIpc) is 2.85. The van der Waals surface area contributed by atoms with E-state index < -0.39 is 29.9 Å². The minimum atomic E-state index is -1.36. The largest absolute Gasteiger partial charge is 0.505 e. The molecule has 8 heteroatoms. The Balaban J connectivity index is 1.55. The lowest BCUT2D eigenvalue weighted by Gasteiger charge is -2.71. The zero-order valence-corrected chi connectivity index (χ0v) is 25.2. The Morgan fingerprint density at radius 3 is 2.12 bits per heavy atom. The molecule has 0 bridgehead atoms. The molecule has 4 N–H and O–H groups in total. The van der Waals surface area contributed by atoms with Crippen molar-refractivity contribution in [3.05, 3.63) is 11.6 Å². The predicted molar refractivity (Wildman–Crippen MR) is 149 cm³/mol. The summed E-state index contributed by atoms with van der Waals surface area (Å²) in [5, 5.41) is 41.0. The van der Waals surface area contributed by atoms with Gasteiger partial charge >= 0.3 is 12.3 Å². The Bertz CT molecular complexity index is 1080. The monoisotopic (exact) mass is 562 g/mol. The van der Waals surface area contributed by atoms with Crippen LogP contribution in [0.4, 0.5) is 9.59 Å². The Kier molecular flexibility index (Phi) is 6.94. The molecule has 2 unspecified atom stereocenters. The summed E-state index contributed by atoms with van der Waals surface area (Å²) in [6.45, 7) is 13.8. The molecular formula is C32H50O8. The highest BCUT2D eigenvalue weighted by atomic mass is 16.7. The maximum atomic E-state index is 11.5. The lowest BCUT2D eigenvalue weighted by Crippen LogP contribution is -2.68. The molecule has 0 saturated heterocycles. The van der Waals surface area contributed by atoms with Crippen molar-refractivity contribution in [2.75, 3.05) is 13.2 Å². The quantitative estimate of drug-likeness (QED) is 0.226. The molecule has 0 radical (unpaired) electrons. The van der Waals surface area contributed by atoms with Gasteiger partial charge in [-0.1, -0.05) is 53.2 Å². The molecule has 40 heavy (non-hydrogen) atoms. The summed E-state index contributed by atoms with van der Waals surface area (Å²) < 4.78 is 10.4. The Morgan fingerprint density at radius 1 is 0.850 bits per heavy atom. The lowest BCUT2D eigenvalue weighted by molar-refractivity contribution is -0.244. The minimum absolute atomic E-state index is 0.00892. The highest BCUT2D eigenvalue weighted by Crippen LogP contribution is 2.75. The van der Waals surface area contributed by atoms with Crippen LogP contribution in [0.25, 0.3) is 0 Å². The van der Waals surface area contributed by atoms with E-state index in [0.29, 0.717) is 6.42 Å². The highest BCUT2D eigenvalue weighted by molar-refractivity contribution is 5.57. The van der Waals surface area contributed by atoms with E-state index in [1.165, 1.54) is 5.57 Å². The number of aliphatic hydroxyl groups excluding tert-OH is 2. The van der Waals surface area contributed by atoms with Gasteiger partial charge in [-0.2, -0.15) is 0 Å². The van der Waals surface area contributed by atoms with Crippen LogP contribution in [-0.4, -0.2) is 58.2 Å². The van der Waals surface area contributed by atoms with Gasteiger partial charge < -0.3 is 29.9 Å². The smallest absolute Gasteiger partial charge is 0.450 e. The van der Waals surface area contributed by atoms with Crippen LogP contribution in [0.3, 0.4) is 0 Å². The Labute approximate surface area is 238 Å². The Hall–Kier alpha value is -1.80. The van der Waals surface area contributed by atoms with Gasteiger partial charge in [0.2, 0.25) is 0 Å². The predicted octanol–water partition coefficient (Wildman–Crippen LogP) is 6.49. The molecular weight excluding hydrogens is 512 g/mol. The second-order valence-electron chi connectivity index (χ2n) is 15.9. The summed E-state index contributed by atoms with van der Waals surface area (Å²) in [7, 11) is 0. The van der Waals surface area contributed by atoms with Crippen LogP contribution in [0.15, 0.2) is 11.6 Å². The average molecular weight is 563 g/mol. The first-order valence-electron chi connectivity index (χ1n) is 15.2. The van der Waals surface area contributed by atoms with Crippen LogP contribution in [0.2, 0.25) is 0 Å². The molecule has 0 aromatic heterocycles. The number of ether oxygens (including phenoxy) is 2. The first kappa shape index (κ1) is 29.7. The molecule has 4 fully saturated rings. The summed E-state index contributed by atoms with van der Waals surface area (Å²) in [5.74, 6) is 0.526. The first-order chi connectivity index (χ1) is 18.4. The molecule has 8 nitrogen and oxygen atoms in total. The maximum Gasteiger partial charge on any atom is 0.505 e. The van der Waals surface area contributed by atoms with Gasteiger partial charge in [-0.3, -0.25) is 0 Å². The third-order valence-corrected chi connectivity index (χ3v) is 13.6. The zero-order valence-electron chi connectivity index (χ0n) is 25.2. The molecule has 4 saturated carbocycles. The molecule has 0 aromatic carbocycles. The van der Waals surface area contributed by atoms with Crippen LogP contribution in [0.1, 0.15) is 99.3 Å². The van der Waals surface area contributed by atoms with Crippen molar-refractivity contribution in [3.8, 4) is 0 Å². The third-order valence-electron chi connectivity index (χ3n) is 13.6. The van der Waals surface area contributed by atoms with Crippen molar-refractivity contribution in [2.45, 2.75) is 112 Å². The molecule has 0 aromatic rings. The third kappa shape index (κ3) is 4.13. The van der Waals surface area contributed by atoms with E-state index in [1.807, 2.05) is 6.92 Å². The van der Waals surface area contributed by atoms with Crippen LogP contribution >= 0.6 is 0 Å². The van der Waals surface area contributed by atoms with Crippen molar-refractivity contribution in [2.24, 2.45) is 50.2 Å². The van der Waals surface area contributed by atoms with Crippen LogP contribution in [0, 0.1) is 50.2 Å². The van der Waals surface area contributed by atoms with E-state index >= 15 is 0 Å². The maximum absolute atomic E-state index is 11.5. The molecule has 10 atom stereocenters. The summed E-state index contributed by atoms with van der Waals surface area (Å²) in [4.78, 5) is 22.8. The van der Waals surface area contributed by atoms with Crippen LogP contribution in [0.5, 0.6) is 0 Å². The number of carbonyl (C=O) groups is 2. The van der Waals surface area contributed by atoms with Gasteiger partial charge in [-0.15, -0.1) is 0 Å². The fraction of sp³-hybridized carbons (Fsp3) is 0.875. The van der Waals surface area contributed by atoms with E-state index in [0.717, 1.165) is 51.4 Å². The van der Waals surface area contributed by atoms with Gasteiger partial charge in [0.25, 0.3) is 0 Å². The SMILES string of the molecule is CC1(C)CC[C@]2(COC(=O)O)CC[C@]3(C)C(=CC[C@@H]4[C@@]5(C)C[C@@H](O)[C@H](O)C(C)(COC(=O)O)C5CC[C@]43C)[C@H]2C1. The molecule has 226 valence electrons. The van der Waals surface area contributed by atoms with E-state index in [4.69, 9.17) is 9.47 Å². The van der Waals surface area contributed by atoms with Crippen molar-refractivity contribution in [1.29, 1.82) is 0 Å². The fourth-order valence-electron chi connectivity index (χ4n) is 11.2. The lowest BCUT2D eigenvalue weighted by atomic mass is 9.33. The van der Waals surface area contributed by atoms with Crippen LogP contribution in [-0.2, 0) is 9.47 Å². The molecule has 0 amide bonds. The summed E-state index contributed by atoms with van der Waals surface area (Å²) in [6.07, 6.45) is 5.99. The van der Waals surface area contributed by atoms with Crippen molar-refractivity contribution >= 4 is 12.3 Å². The summed E-state index contributed by atoms with van der Waals surface area (Å²) in [6, 6.07) is 0. The van der Waals surface area contributed by atoms with E-state index in [-0.39, 0.29) is 58.0 Å². The second kappa shape index (κ2) is 9.35. The normalized spacial score (nSPS) is 49.3. The van der Waals surface area contributed by atoms with Gasteiger partial charge in [-0.05, 0) is 97.2 Å². The van der Waals surface area contributed by atoms with Crippen molar-refractivity contribution < 1.29 is 39.5 Å². The van der Waals surface area contributed by atoms with Crippen molar-refractivity contribution in [3.63, 3.8) is 0 Å². The summed E-state index contributed by atoms with van der Waals surface area (Å²) >= 11 is 0. The molecule has 0 heterocycles. The van der Waals surface area contributed by atoms with Gasteiger partial charge in [0.1, 0.15) is 13.2 Å². The molecule has 0 spiro atoms. The number of fused-ring (bicyclic) bond motifs is 7. The number of aliphatic hydroxyl groups is 2. The second-order valence-corrected chi connectivity index (χ2v) is 15.9. The first-order valence-corrected chi connectivity index (χ1v) is 15.2. The fourth-order valence-corrected chi connectivity index (χ4v) is 11.2. The highest BCUT2D eigenvalue weighted by Gasteiger charge is 2.70. The van der Waals surface area contributed by atoms with E-state index in [1.54, 1.807) is 0 Å². The van der Waals surface area contributed by atoms with Gasteiger partial charge in [-0.25, -0.2) is 9.59 Å². The van der Waals surface area contributed by atoms with Gasteiger partial charge in [0.15, 0.2) is 0 Å². The van der Waals surface area contributed by atoms with Gasteiger partial charge in [0, 0.05) is 10.8 Å². The van der Waals surface area contributed by atoms with Crippen molar-refractivity contribution in [1.82, 2.24) is 0 Å². The topological polar surface area (TPSA) is 134 Å².